The number of ether oxygens (including phenoxy) is 1. The van der Waals surface area contributed by atoms with E-state index < -0.39 is 4.92 Å². The summed E-state index contributed by atoms with van der Waals surface area (Å²) in [7, 11) is 1.46. The zero-order chi connectivity index (χ0) is 12.1. The van der Waals surface area contributed by atoms with Crippen molar-refractivity contribution in [2.75, 3.05) is 13.7 Å². The van der Waals surface area contributed by atoms with Gasteiger partial charge in [-0.05, 0) is 28.2 Å². The van der Waals surface area contributed by atoms with Gasteiger partial charge in [-0.1, -0.05) is 6.07 Å². The number of halogens is 1. The third-order valence-electron chi connectivity index (χ3n) is 1.94. The second-order valence-electron chi connectivity index (χ2n) is 3.18. The molecule has 0 aliphatic rings. The minimum atomic E-state index is -0.455. The SMILES string of the molecule is COCC(=O)Cc1ccc([N+](=O)[O-])cc1I. The first-order chi connectivity index (χ1) is 7.54. The van der Waals surface area contributed by atoms with Crippen LogP contribution >= 0.6 is 22.6 Å². The molecule has 1 aromatic carbocycles. The zero-order valence-electron chi connectivity index (χ0n) is 8.60. The summed E-state index contributed by atoms with van der Waals surface area (Å²) in [6, 6.07) is 4.46. The average Bonchev–Trinajstić information content (AvgIpc) is 2.21. The lowest BCUT2D eigenvalue weighted by Gasteiger charge is -2.03. The van der Waals surface area contributed by atoms with Gasteiger partial charge >= 0.3 is 0 Å². The molecule has 0 spiro atoms. The van der Waals surface area contributed by atoms with Gasteiger partial charge in [0.05, 0.1) is 4.92 Å². The Balaban J connectivity index is 2.83. The van der Waals surface area contributed by atoms with E-state index in [0.29, 0.717) is 0 Å². The highest BCUT2D eigenvalue weighted by atomic mass is 127. The monoisotopic (exact) mass is 335 g/mol. The lowest BCUT2D eigenvalue weighted by molar-refractivity contribution is -0.385. The van der Waals surface area contributed by atoms with Gasteiger partial charge in [-0.2, -0.15) is 0 Å². The molecule has 0 aliphatic heterocycles. The van der Waals surface area contributed by atoms with Gasteiger partial charge in [0.25, 0.3) is 5.69 Å². The Labute approximate surface area is 106 Å². The number of nitro benzene ring substituents is 1. The molecular formula is C10H10INO4. The number of hydrogen-bond acceptors (Lipinski definition) is 4. The van der Waals surface area contributed by atoms with Crippen molar-refractivity contribution in [2.24, 2.45) is 0 Å². The van der Waals surface area contributed by atoms with Crippen LogP contribution in [0.4, 0.5) is 5.69 Å². The van der Waals surface area contributed by atoms with Gasteiger partial charge in [-0.15, -0.1) is 0 Å². The quantitative estimate of drug-likeness (QED) is 0.469. The number of carbonyl (C=O) groups is 1. The van der Waals surface area contributed by atoms with Crippen molar-refractivity contribution in [3.05, 3.63) is 37.4 Å². The van der Waals surface area contributed by atoms with E-state index in [-0.39, 0.29) is 24.5 Å². The minimum absolute atomic E-state index is 0.0346. The maximum atomic E-state index is 11.3. The summed E-state index contributed by atoms with van der Waals surface area (Å²) >= 11 is 1.98. The molecule has 86 valence electrons. The molecule has 0 aromatic heterocycles. The van der Waals surface area contributed by atoms with E-state index in [1.807, 2.05) is 22.6 Å². The molecule has 0 N–H and O–H groups in total. The first-order valence-corrected chi connectivity index (χ1v) is 5.56. The van der Waals surface area contributed by atoms with Crippen LogP contribution in [0.1, 0.15) is 5.56 Å². The first-order valence-electron chi connectivity index (χ1n) is 4.48. The molecule has 1 rings (SSSR count). The fourth-order valence-corrected chi connectivity index (χ4v) is 1.91. The van der Waals surface area contributed by atoms with Crippen molar-refractivity contribution in [3.8, 4) is 0 Å². The molecule has 0 aliphatic carbocycles. The van der Waals surface area contributed by atoms with Crippen molar-refractivity contribution in [2.45, 2.75) is 6.42 Å². The van der Waals surface area contributed by atoms with Crippen LogP contribution in [0.2, 0.25) is 0 Å². The fraction of sp³-hybridized carbons (Fsp3) is 0.300. The Morgan fingerprint density at radius 2 is 2.25 bits per heavy atom. The molecule has 5 nitrogen and oxygen atoms in total. The van der Waals surface area contributed by atoms with Gasteiger partial charge in [0, 0.05) is 29.2 Å². The Hall–Kier alpha value is -1.02. The van der Waals surface area contributed by atoms with Crippen molar-refractivity contribution in [1.82, 2.24) is 0 Å². The summed E-state index contributed by atoms with van der Waals surface area (Å²) in [6.07, 6.45) is 0.240. The largest absolute Gasteiger partial charge is 0.377 e. The lowest BCUT2D eigenvalue weighted by atomic mass is 10.1. The van der Waals surface area contributed by atoms with E-state index in [9.17, 15) is 14.9 Å². The van der Waals surface area contributed by atoms with Crippen LogP contribution in [0.25, 0.3) is 0 Å². The molecule has 0 saturated carbocycles. The molecule has 0 radical (unpaired) electrons. The summed E-state index contributed by atoms with van der Waals surface area (Å²) < 4.78 is 5.44. The number of Topliss-reactive ketones (excluding diaryl/α,β-unsaturated/α-hetero) is 1. The second-order valence-corrected chi connectivity index (χ2v) is 4.34. The Morgan fingerprint density at radius 3 is 2.75 bits per heavy atom. The minimum Gasteiger partial charge on any atom is -0.377 e. The topological polar surface area (TPSA) is 69.4 Å². The van der Waals surface area contributed by atoms with Crippen LogP contribution in [-0.2, 0) is 16.0 Å². The molecule has 1 aromatic rings. The number of nitro groups is 1. The molecule has 0 amide bonds. The van der Waals surface area contributed by atoms with Gasteiger partial charge < -0.3 is 4.74 Å². The van der Waals surface area contributed by atoms with Crippen LogP contribution in [-0.4, -0.2) is 24.4 Å². The molecule has 0 atom stereocenters. The summed E-state index contributed by atoms with van der Waals surface area (Å²) in [6.45, 7) is 0.0626. The third-order valence-corrected chi connectivity index (χ3v) is 2.94. The van der Waals surface area contributed by atoms with Crippen LogP contribution in [0, 0.1) is 13.7 Å². The molecule has 6 heteroatoms. The van der Waals surface area contributed by atoms with E-state index in [1.165, 1.54) is 19.2 Å². The molecule has 0 fully saturated rings. The number of rotatable bonds is 5. The summed E-state index contributed by atoms with van der Waals surface area (Å²) in [5.41, 5.74) is 0.820. The molecule has 16 heavy (non-hydrogen) atoms. The molecule has 0 saturated heterocycles. The van der Waals surface area contributed by atoms with E-state index in [0.717, 1.165) is 9.13 Å². The Morgan fingerprint density at radius 1 is 1.56 bits per heavy atom. The van der Waals surface area contributed by atoms with Crippen LogP contribution in [0.15, 0.2) is 18.2 Å². The predicted octanol–water partition coefficient (Wildman–Crippen LogP) is 1.96. The zero-order valence-corrected chi connectivity index (χ0v) is 10.8. The first kappa shape index (κ1) is 13.0. The van der Waals surface area contributed by atoms with Gasteiger partial charge in [0.2, 0.25) is 0 Å². The number of non-ortho nitro benzene ring substituents is 1. The maximum absolute atomic E-state index is 11.3. The van der Waals surface area contributed by atoms with Gasteiger partial charge in [-0.25, -0.2) is 0 Å². The number of nitrogens with zero attached hydrogens (tertiary/aromatic N) is 1. The van der Waals surface area contributed by atoms with Gasteiger partial charge in [0.15, 0.2) is 5.78 Å². The smallest absolute Gasteiger partial charge is 0.270 e. The highest BCUT2D eigenvalue weighted by Gasteiger charge is 2.11. The highest BCUT2D eigenvalue weighted by molar-refractivity contribution is 14.1. The molecule has 0 heterocycles. The number of hydrogen-bond donors (Lipinski definition) is 0. The fourth-order valence-electron chi connectivity index (χ4n) is 1.22. The van der Waals surface area contributed by atoms with Gasteiger partial charge in [-0.3, -0.25) is 14.9 Å². The van der Waals surface area contributed by atoms with Crippen molar-refractivity contribution < 1.29 is 14.5 Å². The average molecular weight is 335 g/mol. The van der Waals surface area contributed by atoms with Crippen molar-refractivity contribution in [1.29, 1.82) is 0 Å². The second kappa shape index (κ2) is 5.90. The molecule has 0 bridgehead atoms. The lowest BCUT2D eigenvalue weighted by Crippen LogP contribution is -2.10. The third kappa shape index (κ3) is 3.53. The molecular weight excluding hydrogens is 325 g/mol. The van der Waals surface area contributed by atoms with Crippen LogP contribution in [0.5, 0.6) is 0 Å². The maximum Gasteiger partial charge on any atom is 0.270 e. The normalized spacial score (nSPS) is 10.1. The van der Waals surface area contributed by atoms with Gasteiger partial charge in [0.1, 0.15) is 6.61 Å². The molecule has 0 unspecified atom stereocenters. The van der Waals surface area contributed by atoms with E-state index in [4.69, 9.17) is 4.74 Å². The predicted molar refractivity (Wildman–Crippen MR) is 66.4 cm³/mol. The number of ketones is 1. The summed E-state index contributed by atoms with van der Waals surface area (Å²) in [5.74, 6) is -0.0470. The number of carbonyl (C=O) groups excluding carboxylic acids is 1. The summed E-state index contributed by atoms with van der Waals surface area (Å²) in [5, 5.41) is 10.5. The number of benzene rings is 1. The van der Waals surface area contributed by atoms with E-state index in [2.05, 4.69) is 0 Å². The highest BCUT2D eigenvalue weighted by Crippen LogP contribution is 2.20. The Bertz CT molecular complexity index is 419. The van der Waals surface area contributed by atoms with E-state index in [1.54, 1.807) is 6.07 Å². The van der Waals surface area contributed by atoms with Crippen LogP contribution in [0.3, 0.4) is 0 Å². The number of methoxy groups -OCH3 is 1. The van der Waals surface area contributed by atoms with Crippen molar-refractivity contribution in [3.63, 3.8) is 0 Å². The van der Waals surface area contributed by atoms with E-state index >= 15 is 0 Å². The standard InChI is InChI=1S/C10H10INO4/c1-16-6-9(13)4-7-2-3-8(12(14)15)5-10(7)11/h2-3,5H,4,6H2,1H3. The Kier molecular flexibility index (Phi) is 4.81. The summed E-state index contributed by atoms with van der Waals surface area (Å²) in [4.78, 5) is 21.4. The van der Waals surface area contributed by atoms with Crippen LogP contribution < -0.4 is 0 Å². The van der Waals surface area contributed by atoms with Crippen molar-refractivity contribution >= 4 is 34.1 Å².